The highest BCUT2D eigenvalue weighted by atomic mass is 32.1. The van der Waals surface area contributed by atoms with Crippen LogP contribution >= 0.6 is 11.3 Å². The second kappa shape index (κ2) is 9.61. The van der Waals surface area contributed by atoms with Gasteiger partial charge in [0, 0.05) is 30.8 Å². The smallest absolute Gasteiger partial charge is 0.497 e. The van der Waals surface area contributed by atoms with Crippen molar-refractivity contribution in [3.8, 4) is 17.2 Å². The molecule has 0 atom stereocenters. The predicted octanol–water partition coefficient (Wildman–Crippen LogP) is 4.42. The Labute approximate surface area is 186 Å². The molecule has 1 aromatic heterocycles. The Bertz CT molecular complexity index is 1080. The van der Waals surface area contributed by atoms with E-state index >= 15 is 0 Å². The van der Waals surface area contributed by atoms with Crippen LogP contribution in [0.2, 0.25) is 0 Å². The molecule has 0 saturated carbocycles. The number of anilines is 1. The molecule has 1 heterocycles. The van der Waals surface area contributed by atoms with Gasteiger partial charge >= 0.3 is 6.36 Å². The van der Waals surface area contributed by atoms with Gasteiger partial charge in [0.2, 0.25) is 0 Å². The highest BCUT2D eigenvalue weighted by Gasteiger charge is 2.31. The Kier molecular flexibility index (Phi) is 7.09. The fourth-order valence-electron chi connectivity index (χ4n) is 2.88. The highest BCUT2D eigenvalue weighted by molar-refractivity contribution is 7.22. The first-order chi connectivity index (χ1) is 15.1. The largest absolute Gasteiger partial charge is 0.573 e. The van der Waals surface area contributed by atoms with E-state index in [2.05, 4.69) is 9.72 Å². The number of nitrogens with zero attached hydrogens (tertiary/aromatic N) is 3. The lowest BCUT2D eigenvalue weighted by molar-refractivity contribution is -0.274. The summed E-state index contributed by atoms with van der Waals surface area (Å²) in [5.74, 6) is 0.232. The Morgan fingerprint density at radius 1 is 1.00 bits per heavy atom. The Hall–Kier alpha value is -3.05. The van der Waals surface area contributed by atoms with E-state index in [4.69, 9.17) is 9.47 Å². The summed E-state index contributed by atoms with van der Waals surface area (Å²) in [4.78, 5) is 21.3. The van der Waals surface area contributed by atoms with E-state index in [1.54, 1.807) is 18.2 Å². The van der Waals surface area contributed by atoms with Gasteiger partial charge < -0.3 is 19.1 Å². The van der Waals surface area contributed by atoms with Crippen LogP contribution in [0.15, 0.2) is 36.4 Å². The number of fused-ring (bicyclic) bond motifs is 1. The van der Waals surface area contributed by atoms with Crippen LogP contribution < -0.4 is 19.1 Å². The molecule has 0 saturated heterocycles. The van der Waals surface area contributed by atoms with Gasteiger partial charge in [-0.25, -0.2) is 4.98 Å². The first kappa shape index (κ1) is 23.6. The maximum Gasteiger partial charge on any atom is 0.573 e. The summed E-state index contributed by atoms with van der Waals surface area (Å²) in [6, 6.07) is 8.72. The van der Waals surface area contributed by atoms with E-state index in [1.807, 2.05) is 19.0 Å². The number of ether oxygens (including phenoxy) is 3. The number of aromatic nitrogens is 1. The molecule has 11 heteroatoms. The molecule has 2 aromatic carbocycles. The van der Waals surface area contributed by atoms with Crippen molar-refractivity contribution < 1.29 is 32.2 Å². The summed E-state index contributed by atoms with van der Waals surface area (Å²) in [6.45, 7) is 0.863. The molecule has 7 nitrogen and oxygen atoms in total. The minimum atomic E-state index is -4.79. The number of alkyl halides is 3. The molecule has 0 fully saturated rings. The van der Waals surface area contributed by atoms with Crippen molar-refractivity contribution in [2.75, 3.05) is 46.3 Å². The first-order valence-corrected chi connectivity index (χ1v) is 10.3. The number of hydrogen-bond donors (Lipinski definition) is 0. The molecule has 3 rings (SSSR count). The normalized spacial score (nSPS) is 11.6. The molecular formula is C21H22F3N3O4S. The van der Waals surface area contributed by atoms with Crippen LogP contribution in [-0.2, 0) is 0 Å². The number of benzene rings is 2. The third kappa shape index (κ3) is 5.80. The van der Waals surface area contributed by atoms with E-state index in [0.29, 0.717) is 45.5 Å². The summed E-state index contributed by atoms with van der Waals surface area (Å²) >= 11 is 1.11. The summed E-state index contributed by atoms with van der Waals surface area (Å²) in [7, 11) is 6.72. The van der Waals surface area contributed by atoms with Crippen LogP contribution in [0.3, 0.4) is 0 Å². The van der Waals surface area contributed by atoms with E-state index in [1.165, 1.54) is 37.3 Å². The number of rotatable bonds is 8. The Balaban J connectivity index is 2.00. The summed E-state index contributed by atoms with van der Waals surface area (Å²) in [5, 5.41) is 0.359. The zero-order chi connectivity index (χ0) is 23.5. The van der Waals surface area contributed by atoms with Crippen molar-refractivity contribution in [2.45, 2.75) is 6.36 Å². The molecule has 0 N–H and O–H groups in total. The van der Waals surface area contributed by atoms with Crippen LogP contribution in [0.1, 0.15) is 10.4 Å². The second-order valence-electron chi connectivity index (χ2n) is 7.04. The molecule has 0 aliphatic carbocycles. The van der Waals surface area contributed by atoms with E-state index < -0.39 is 6.36 Å². The summed E-state index contributed by atoms with van der Waals surface area (Å²) < 4.78 is 52.6. The Morgan fingerprint density at radius 2 is 1.66 bits per heavy atom. The van der Waals surface area contributed by atoms with Gasteiger partial charge in [-0.3, -0.25) is 9.69 Å². The van der Waals surface area contributed by atoms with Crippen LogP contribution in [0.4, 0.5) is 18.3 Å². The maximum absolute atomic E-state index is 13.4. The van der Waals surface area contributed by atoms with Gasteiger partial charge in [0.15, 0.2) is 5.13 Å². The van der Waals surface area contributed by atoms with Crippen molar-refractivity contribution in [1.82, 2.24) is 9.88 Å². The number of amides is 1. The van der Waals surface area contributed by atoms with E-state index in [9.17, 15) is 18.0 Å². The molecule has 0 radical (unpaired) electrons. The maximum atomic E-state index is 13.4. The van der Waals surface area contributed by atoms with Crippen molar-refractivity contribution in [3.63, 3.8) is 0 Å². The monoisotopic (exact) mass is 469 g/mol. The third-order valence-corrected chi connectivity index (χ3v) is 5.47. The molecule has 0 aliphatic heterocycles. The SMILES string of the molecule is COc1cc(OC)cc(C(=O)N(CCN(C)C)c2nc3ccc(OC(F)(F)F)cc3s2)c1. The van der Waals surface area contributed by atoms with Gasteiger partial charge in [0.1, 0.15) is 17.2 Å². The minimum Gasteiger partial charge on any atom is -0.497 e. The number of likely N-dealkylation sites (N-methyl/N-ethyl adjacent to an activating group) is 1. The molecule has 0 bridgehead atoms. The highest BCUT2D eigenvalue weighted by Crippen LogP contribution is 2.34. The van der Waals surface area contributed by atoms with Crippen LogP contribution in [0.25, 0.3) is 10.2 Å². The average molecular weight is 469 g/mol. The fourth-order valence-corrected chi connectivity index (χ4v) is 3.89. The number of hydrogen-bond acceptors (Lipinski definition) is 7. The van der Waals surface area contributed by atoms with E-state index in [-0.39, 0.29) is 11.7 Å². The summed E-state index contributed by atoms with van der Waals surface area (Å²) in [6.07, 6.45) is -4.79. The standard InChI is InChI=1S/C21H22F3N3O4S/c1-26(2)7-8-27(19(28)13-9-15(29-3)11-16(10-13)30-4)20-25-17-6-5-14(12-18(17)32-20)31-21(22,23)24/h5-6,9-12H,7-8H2,1-4H3. The molecule has 1 amide bonds. The lowest BCUT2D eigenvalue weighted by Gasteiger charge is -2.22. The number of halogens is 3. The molecule has 3 aromatic rings. The van der Waals surface area contributed by atoms with Gasteiger partial charge in [-0.15, -0.1) is 13.2 Å². The van der Waals surface area contributed by atoms with Crippen LogP contribution in [0, 0.1) is 0 Å². The Morgan fingerprint density at radius 3 is 2.22 bits per heavy atom. The molecule has 172 valence electrons. The van der Waals surface area contributed by atoms with E-state index in [0.717, 1.165) is 11.3 Å². The van der Waals surface area contributed by atoms with Gasteiger partial charge in [-0.2, -0.15) is 0 Å². The van der Waals surface area contributed by atoms with Crippen LogP contribution in [-0.4, -0.2) is 63.6 Å². The number of thiazole rings is 1. The van der Waals surface area contributed by atoms with Gasteiger partial charge in [0.05, 0.1) is 24.4 Å². The van der Waals surface area contributed by atoms with Crippen molar-refractivity contribution >= 4 is 32.6 Å². The zero-order valence-electron chi connectivity index (χ0n) is 17.9. The second-order valence-corrected chi connectivity index (χ2v) is 8.04. The average Bonchev–Trinajstić information content (AvgIpc) is 3.14. The topological polar surface area (TPSA) is 64.1 Å². The van der Waals surface area contributed by atoms with Crippen molar-refractivity contribution in [1.29, 1.82) is 0 Å². The molecule has 0 aliphatic rings. The lowest BCUT2D eigenvalue weighted by Crippen LogP contribution is -2.36. The predicted molar refractivity (Wildman–Crippen MR) is 116 cm³/mol. The molecule has 32 heavy (non-hydrogen) atoms. The number of carbonyl (C=O) groups is 1. The minimum absolute atomic E-state index is 0.317. The molecule has 0 spiro atoms. The third-order valence-electron chi connectivity index (χ3n) is 4.43. The fraction of sp³-hybridized carbons (Fsp3) is 0.333. The molecular weight excluding hydrogens is 447 g/mol. The number of carbonyl (C=O) groups excluding carboxylic acids is 1. The summed E-state index contributed by atoms with van der Waals surface area (Å²) in [5.41, 5.74) is 0.797. The quantitative estimate of drug-likeness (QED) is 0.487. The van der Waals surface area contributed by atoms with Crippen LogP contribution in [0.5, 0.6) is 17.2 Å². The van der Waals surface area contributed by atoms with Gasteiger partial charge in [-0.1, -0.05) is 11.3 Å². The zero-order valence-corrected chi connectivity index (χ0v) is 18.7. The first-order valence-electron chi connectivity index (χ1n) is 9.45. The molecule has 0 unspecified atom stereocenters. The van der Waals surface area contributed by atoms with Gasteiger partial charge in [-0.05, 0) is 38.4 Å². The van der Waals surface area contributed by atoms with Gasteiger partial charge in [0.25, 0.3) is 5.91 Å². The van der Waals surface area contributed by atoms with Crippen molar-refractivity contribution in [3.05, 3.63) is 42.0 Å². The van der Waals surface area contributed by atoms with Crippen molar-refractivity contribution in [2.24, 2.45) is 0 Å². The lowest BCUT2D eigenvalue weighted by atomic mass is 10.1. The number of methoxy groups -OCH3 is 2.